The van der Waals surface area contributed by atoms with E-state index in [1.165, 1.54) is 25.7 Å². The Balaban J connectivity index is 2.12. The summed E-state index contributed by atoms with van der Waals surface area (Å²) in [5.41, 5.74) is 1.94. The lowest BCUT2D eigenvalue weighted by atomic mass is 9.65. The maximum atomic E-state index is 10.0. The van der Waals surface area contributed by atoms with Crippen molar-refractivity contribution in [2.45, 2.75) is 59.0 Å². The van der Waals surface area contributed by atoms with Crippen LogP contribution in [0.3, 0.4) is 0 Å². The monoisotopic (exact) mass is 208 g/mol. The summed E-state index contributed by atoms with van der Waals surface area (Å²) >= 11 is 0. The second kappa shape index (κ2) is 3.93. The Bertz CT molecular complexity index is 259. The van der Waals surface area contributed by atoms with Crippen molar-refractivity contribution in [2.24, 2.45) is 17.3 Å². The van der Waals surface area contributed by atoms with Crippen LogP contribution in [0.2, 0.25) is 0 Å². The van der Waals surface area contributed by atoms with E-state index in [-0.39, 0.29) is 6.10 Å². The molecule has 2 aliphatic carbocycles. The third-order valence-electron chi connectivity index (χ3n) is 4.33. The summed E-state index contributed by atoms with van der Waals surface area (Å²) in [6.07, 6.45) is 8.22. The first-order valence-corrected chi connectivity index (χ1v) is 6.35. The molecule has 3 atom stereocenters. The Labute approximate surface area is 93.6 Å². The molecule has 15 heavy (non-hydrogen) atoms. The van der Waals surface area contributed by atoms with Gasteiger partial charge in [0.15, 0.2) is 0 Å². The predicted molar refractivity (Wildman–Crippen MR) is 63.6 cm³/mol. The maximum absolute atomic E-state index is 10.0. The van der Waals surface area contributed by atoms with E-state index in [1.54, 1.807) is 5.57 Å². The van der Waals surface area contributed by atoms with Gasteiger partial charge in [0.2, 0.25) is 0 Å². The van der Waals surface area contributed by atoms with Gasteiger partial charge in [-0.3, -0.25) is 0 Å². The summed E-state index contributed by atoms with van der Waals surface area (Å²) < 4.78 is 0. The van der Waals surface area contributed by atoms with E-state index in [4.69, 9.17) is 0 Å². The number of rotatable bonds is 0. The number of fused-ring (bicyclic) bond motifs is 1. The van der Waals surface area contributed by atoms with Crippen LogP contribution in [0, 0.1) is 17.3 Å². The van der Waals surface area contributed by atoms with Gasteiger partial charge in [-0.2, -0.15) is 0 Å². The molecule has 0 bridgehead atoms. The van der Waals surface area contributed by atoms with Gasteiger partial charge in [0.05, 0.1) is 6.10 Å². The van der Waals surface area contributed by atoms with Crippen molar-refractivity contribution in [1.29, 1.82) is 0 Å². The fourth-order valence-electron chi connectivity index (χ4n) is 3.11. The minimum atomic E-state index is -0.0600. The third-order valence-corrected chi connectivity index (χ3v) is 4.33. The zero-order valence-electron chi connectivity index (χ0n) is 10.3. The van der Waals surface area contributed by atoms with Gasteiger partial charge in [0.25, 0.3) is 0 Å². The lowest BCUT2D eigenvalue weighted by molar-refractivity contribution is 0.0624. The lowest BCUT2D eigenvalue weighted by Gasteiger charge is -2.41. The Kier molecular flexibility index (Phi) is 2.94. The average molecular weight is 208 g/mol. The van der Waals surface area contributed by atoms with Crippen LogP contribution in [-0.2, 0) is 0 Å². The first-order valence-electron chi connectivity index (χ1n) is 6.35. The Morgan fingerprint density at radius 3 is 2.73 bits per heavy atom. The molecule has 2 aliphatic rings. The molecule has 0 aromatic rings. The molecule has 0 aliphatic heterocycles. The summed E-state index contributed by atoms with van der Waals surface area (Å²) in [5, 5.41) is 10.0. The molecule has 0 heterocycles. The molecule has 1 saturated carbocycles. The van der Waals surface area contributed by atoms with Gasteiger partial charge in [-0.25, -0.2) is 0 Å². The first kappa shape index (κ1) is 11.2. The summed E-state index contributed by atoms with van der Waals surface area (Å²) in [4.78, 5) is 0. The molecule has 0 aromatic carbocycles. The van der Waals surface area contributed by atoms with Gasteiger partial charge >= 0.3 is 0 Å². The topological polar surface area (TPSA) is 20.2 Å². The van der Waals surface area contributed by atoms with E-state index in [0.717, 1.165) is 12.3 Å². The molecule has 0 amide bonds. The fourth-order valence-corrected chi connectivity index (χ4v) is 3.11. The number of allylic oxidation sites excluding steroid dienone is 1. The van der Waals surface area contributed by atoms with Crippen molar-refractivity contribution >= 4 is 0 Å². The van der Waals surface area contributed by atoms with E-state index in [2.05, 4.69) is 26.8 Å². The Morgan fingerprint density at radius 2 is 2.07 bits per heavy atom. The quantitative estimate of drug-likeness (QED) is 0.604. The van der Waals surface area contributed by atoms with Crippen LogP contribution in [0.5, 0.6) is 0 Å². The van der Waals surface area contributed by atoms with Crippen molar-refractivity contribution in [2.75, 3.05) is 0 Å². The molecular weight excluding hydrogens is 184 g/mol. The molecule has 0 radical (unpaired) electrons. The first-order chi connectivity index (χ1) is 6.98. The molecule has 0 spiro atoms. The number of hydrogen-bond acceptors (Lipinski definition) is 1. The zero-order chi connectivity index (χ0) is 11.1. The molecule has 1 fully saturated rings. The summed E-state index contributed by atoms with van der Waals surface area (Å²) in [5.74, 6) is 1.23. The SMILES string of the molecule is CC(C)(C)[C@H]1CC=C2CCC[C@@H](O)[C@H]2C1. The van der Waals surface area contributed by atoms with E-state index >= 15 is 0 Å². The van der Waals surface area contributed by atoms with E-state index < -0.39 is 0 Å². The van der Waals surface area contributed by atoms with Crippen LogP contribution >= 0.6 is 0 Å². The smallest absolute Gasteiger partial charge is 0.0605 e. The average Bonchev–Trinajstić information content (AvgIpc) is 2.16. The number of aliphatic hydroxyl groups is 1. The van der Waals surface area contributed by atoms with Crippen molar-refractivity contribution in [1.82, 2.24) is 0 Å². The van der Waals surface area contributed by atoms with Crippen molar-refractivity contribution < 1.29 is 5.11 Å². The molecule has 1 heteroatoms. The molecular formula is C14H24O. The van der Waals surface area contributed by atoms with Crippen LogP contribution < -0.4 is 0 Å². The van der Waals surface area contributed by atoms with Gasteiger partial charge < -0.3 is 5.11 Å². The van der Waals surface area contributed by atoms with Crippen molar-refractivity contribution in [3.05, 3.63) is 11.6 Å². The summed E-state index contributed by atoms with van der Waals surface area (Å²) in [6, 6.07) is 0. The van der Waals surface area contributed by atoms with Crippen molar-refractivity contribution in [3.63, 3.8) is 0 Å². The largest absolute Gasteiger partial charge is 0.393 e. The molecule has 0 unspecified atom stereocenters. The highest BCUT2D eigenvalue weighted by molar-refractivity contribution is 5.16. The lowest BCUT2D eigenvalue weighted by Crippen LogP contribution is -2.34. The van der Waals surface area contributed by atoms with Crippen LogP contribution in [-0.4, -0.2) is 11.2 Å². The van der Waals surface area contributed by atoms with Crippen LogP contribution in [0.1, 0.15) is 52.9 Å². The zero-order valence-corrected chi connectivity index (χ0v) is 10.3. The Morgan fingerprint density at radius 1 is 1.33 bits per heavy atom. The molecule has 1 nitrogen and oxygen atoms in total. The van der Waals surface area contributed by atoms with Crippen LogP contribution in [0.25, 0.3) is 0 Å². The highest BCUT2D eigenvalue weighted by Crippen LogP contribution is 2.44. The standard InChI is InChI=1S/C14H24O/c1-14(2,3)11-8-7-10-5-4-6-13(15)12(10)9-11/h7,11-13,15H,4-6,8-9H2,1-3H3/t11-,12-,13+/m0/s1. The summed E-state index contributed by atoms with van der Waals surface area (Å²) in [6.45, 7) is 6.98. The second-order valence-corrected chi connectivity index (χ2v) is 6.38. The van der Waals surface area contributed by atoms with E-state index in [1.807, 2.05) is 0 Å². The molecule has 86 valence electrons. The summed E-state index contributed by atoms with van der Waals surface area (Å²) in [7, 11) is 0. The third kappa shape index (κ3) is 2.28. The van der Waals surface area contributed by atoms with Crippen LogP contribution in [0.4, 0.5) is 0 Å². The Hall–Kier alpha value is -0.300. The van der Waals surface area contributed by atoms with Crippen LogP contribution in [0.15, 0.2) is 11.6 Å². The normalized spacial score (nSPS) is 37.1. The second-order valence-electron chi connectivity index (χ2n) is 6.38. The van der Waals surface area contributed by atoms with Gasteiger partial charge in [0, 0.05) is 5.92 Å². The van der Waals surface area contributed by atoms with Gasteiger partial charge in [-0.15, -0.1) is 0 Å². The van der Waals surface area contributed by atoms with Gasteiger partial charge in [-0.05, 0) is 43.4 Å². The molecule has 2 rings (SSSR count). The minimum Gasteiger partial charge on any atom is -0.393 e. The van der Waals surface area contributed by atoms with Crippen molar-refractivity contribution in [3.8, 4) is 0 Å². The molecule has 0 aromatic heterocycles. The maximum Gasteiger partial charge on any atom is 0.0605 e. The molecule has 1 N–H and O–H groups in total. The minimum absolute atomic E-state index is 0.0600. The van der Waals surface area contributed by atoms with E-state index in [0.29, 0.717) is 11.3 Å². The number of hydrogen-bond donors (Lipinski definition) is 1. The van der Waals surface area contributed by atoms with E-state index in [9.17, 15) is 5.11 Å². The van der Waals surface area contributed by atoms with Gasteiger partial charge in [-0.1, -0.05) is 32.4 Å². The highest BCUT2D eigenvalue weighted by atomic mass is 16.3. The van der Waals surface area contributed by atoms with Gasteiger partial charge in [0.1, 0.15) is 0 Å². The molecule has 0 saturated heterocycles. The fraction of sp³-hybridized carbons (Fsp3) is 0.857. The number of aliphatic hydroxyl groups excluding tert-OH is 1. The predicted octanol–water partition coefficient (Wildman–Crippen LogP) is 3.53. The highest BCUT2D eigenvalue weighted by Gasteiger charge is 2.36.